The number of hydrogen-bond acceptors (Lipinski definition) is 5. The minimum atomic E-state index is -0.296. The maximum atomic E-state index is 12.4. The van der Waals surface area contributed by atoms with E-state index in [2.05, 4.69) is 21.2 Å². The van der Waals surface area contributed by atoms with E-state index in [-0.39, 0.29) is 24.1 Å². The molecule has 0 bridgehead atoms. The van der Waals surface area contributed by atoms with Crippen LogP contribution in [0.15, 0.2) is 42.6 Å². The van der Waals surface area contributed by atoms with Crippen LogP contribution in [0.4, 0.5) is 0 Å². The molecule has 1 aromatic heterocycles. The van der Waals surface area contributed by atoms with Crippen LogP contribution in [-0.4, -0.2) is 23.0 Å². The third kappa shape index (κ3) is 4.94. The molecule has 2 heterocycles. The number of pyridine rings is 1. The highest BCUT2D eigenvalue weighted by molar-refractivity contribution is 6.30. The van der Waals surface area contributed by atoms with Crippen LogP contribution in [0.5, 0.6) is 5.88 Å². The molecule has 2 aromatic rings. The van der Waals surface area contributed by atoms with E-state index < -0.39 is 0 Å². The molecule has 1 aliphatic rings. The summed E-state index contributed by atoms with van der Waals surface area (Å²) in [7, 11) is 0. The van der Waals surface area contributed by atoms with Crippen molar-refractivity contribution in [3.63, 3.8) is 0 Å². The molecule has 7 heteroatoms. The number of benzene rings is 1. The van der Waals surface area contributed by atoms with Crippen LogP contribution in [0.25, 0.3) is 0 Å². The van der Waals surface area contributed by atoms with Crippen molar-refractivity contribution in [2.75, 3.05) is 0 Å². The third-order valence-corrected chi connectivity index (χ3v) is 4.33. The van der Waals surface area contributed by atoms with E-state index in [1.54, 1.807) is 6.20 Å². The number of carbonyl (C=O) groups excluding carboxylic acids is 1. The van der Waals surface area contributed by atoms with E-state index in [9.17, 15) is 4.79 Å². The van der Waals surface area contributed by atoms with Gasteiger partial charge in [-0.25, -0.2) is 15.8 Å². The van der Waals surface area contributed by atoms with E-state index in [4.69, 9.17) is 16.3 Å². The van der Waals surface area contributed by atoms with E-state index in [0.717, 1.165) is 11.1 Å². The maximum absolute atomic E-state index is 12.4. The van der Waals surface area contributed by atoms with Gasteiger partial charge in [0.25, 0.3) is 0 Å². The van der Waals surface area contributed by atoms with Crippen molar-refractivity contribution in [1.82, 2.24) is 21.2 Å². The minimum absolute atomic E-state index is 0.0514. The van der Waals surface area contributed by atoms with Crippen LogP contribution in [0.1, 0.15) is 37.4 Å². The van der Waals surface area contributed by atoms with Crippen molar-refractivity contribution >= 4 is 17.5 Å². The first-order valence-corrected chi connectivity index (χ1v) is 9.05. The molecule has 1 aromatic carbocycles. The van der Waals surface area contributed by atoms with Gasteiger partial charge in [-0.1, -0.05) is 29.8 Å². The Morgan fingerprint density at radius 3 is 2.88 bits per heavy atom. The molecule has 2 unspecified atom stereocenters. The molecule has 3 N–H and O–H groups in total. The second kappa shape index (κ2) is 8.49. The van der Waals surface area contributed by atoms with Gasteiger partial charge in [0, 0.05) is 29.9 Å². The molecule has 0 radical (unpaired) electrons. The van der Waals surface area contributed by atoms with E-state index >= 15 is 0 Å². The number of hydrogen-bond donors (Lipinski definition) is 3. The first kappa shape index (κ1) is 18.6. The number of carbonyl (C=O) groups is 1. The second-order valence-electron chi connectivity index (χ2n) is 6.57. The fourth-order valence-corrected chi connectivity index (χ4v) is 3.01. The summed E-state index contributed by atoms with van der Waals surface area (Å²) in [5.74, 6) is 0.533. The summed E-state index contributed by atoms with van der Waals surface area (Å²) in [4.78, 5) is 16.6. The van der Waals surface area contributed by atoms with Gasteiger partial charge >= 0.3 is 0 Å². The number of rotatable bonds is 6. The van der Waals surface area contributed by atoms with Gasteiger partial charge < -0.3 is 10.1 Å². The van der Waals surface area contributed by atoms with Crippen LogP contribution in [0.2, 0.25) is 5.02 Å². The molecule has 1 amide bonds. The Balaban J connectivity index is 1.49. The largest absolute Gasteiger partial charge is 0.475 e. The van der Waals surface area contributed by atoms with E-state index in [1.165, 1.54) is 0 Å². The lowest BCUT2D eigenvalue weighted by Gasteiger charge is -2.12. The minimum Gasteiger partial charge on any atom is -0.475 e. The Kier molecular flexibility index (Phi) is 6.08. The third-order valence-electron chi connectivity index (χ3n) is 4.09. The number of nitrogens with one attached hydrogen (secondary N) is 3. The highest BCUT2D eigenvalue weighted by Gasteiger charge is 2.29. The highest BCUT2D eigenvalue weighted by Crippen LogP contribution is 2.24. The van der Waals surface area contributed by atoms with Gasteiger partial charge in [-0.05, 0) is 43.5 Å². The smallest absolute Gasteiger partial charge is 0.238 e. The average molecular weight is 375 g/mol. The molecular formula is C19H23ClN4O2. The normalized spacial score (nSPS) is 19.5. The predicted octanol–water partition coefficient (Wildman–Crippen LogP) is 2.75. The van der Waals surface area contributed by atoms with Crippen LogP contribution >= 0.6 is 11.6 Å². The number of nitrogens with zero attached hydrogens (tertiary/aromatic N) is 1. The summed E-state index contributed by atoms with van der Waals surface area (Å²) in [5, 5.41) is 3.63. The van der Waals surface area contributed by atoms with Crippen molar-refractivity contribution in [3.05, 3.63) is 58.7 Å². The lowest BCUT2D eigenvalue weighted by molar-refractivity contribution is -0.123. The summed E-state index contributed by atoms with van der Waals surface area (Å²) in [6.45, 7) is 4.33. The Bertz CT molecular complexity index is 751. The molecular weight excluding hydrogens is 352 g/mol. The van der Waals surface area contributed by atoms with Crippen molar-refractivity contribution in [3.8, 4) is 5.88 Å². The lowest BCUT2D eigenvalue weighted by Crippen LogP contribution is -2.42. The summed E-state index contributed by atoms with van der Waals surface area (Å²) in [6, 6.07) is 11.1. The lowest BCUT2D eigenvalue weighted by atomic mass is 10.0. The van der Waals surface area contributed by atoms with Crippen LogP contribution in [0, 0.1) is 0 Å². The van der Waals surface area contributed by atoms with Gasteiger partial charge in [0.05, 0.1) is 6.10 Å². The van der Waals surface area contributed by atoms with Crippen molar-refractivity contribution in [2.45, 2.75) is 45.0 Å². The first-order chi connectivity index (χ1) is 12.5. The molecule has 6 nitrogen and oxygen atoms in total. The molecule has 0 aliphatic carbocycles. The summed E-state index contributed by atoms with van der Waals surface area (Å²) >= 11 is 6.04. The Morgan fingerprint density at radius 2 is 2.19 bits per heavy atom. The van der Waals surface area contributed by atoms with Crippen LogP contribution < -0.4 is 20.9 Å². The molecule has 0 spiro atoms. The number of halogens is 1. The summed E-state index contributed by atoms with van der Waals surface area (Å²) < 4.78 is 5.51. The molecule has 0 saturated carbocycles. The van der Waals surface area contributed by atoms with E-state index in [1.807, 2.05) is 50.2 Å². The second-order valence-corrected chi connectivity index (χ2v) is 7.01. The first-order valence-electron chi connectivity index (χ1n) is 8.67. The van der Waals surface area contributed by atoms with Crippen molar-refractivity contribution in [1.29, 1.82) is 0 Å². The van der Waals surface area contributed by atoms with Gasteiger partial charge in [0.15, 0.2) is 0 Å². The zero-order chi connectivity index (χ0) is 18.5. The zero-order valence-corrected chi connectivity index (χ0v) is 15.6. The van der Waals surface area contributed by atoms with Crippen LogP contribution in [0.3, 0.4) is 0 Å². The molecule has 2 atom stereocenters. The highest BCUT2D eigenvalue weighted by atomic mass is 35.5. The Labute approximate surface area is 158 Å². The molecule has 138 valence electrons. The van der Waals surface area contributed by atoms with E-state index in [0.29, 0.717) is 23.9 Å². The molecule has 1 fully saturated rings. The van der Waals surface area contributed by atoms with Gasteiger partial charge in [-0.2, -0.15) is 0 Å². The molecule has 3 rings (SSSR count). The maximum Gasteiger partial charge on any atom is 0.238 e. The fourth-order valence-electron chi connectivity index (χ4n) is 2.81. The predicted molar refractivity (Wildman–Crippen MR) is 101 cm³/mol. The quantitative estimate of drug-likeness (QED) is 0.725. The monoisotopic (exact) mass is 374 g/mol. The number of hydrazine groups is 1. The molecule has 1 saturated heterocycles. The van der Waals surface area contributed by atoms with Crippen molar-refractivity contribution < 1.29 is 9.53 Å². The summed E-state index contributed by atoms with van der Waals surface area (Å²) in [5.41, 5.74) is 8.19. The number of ether oxygens (including phenoxy) is 1. The van der Waals surface area contributed by atoms with Gasteiger partial charge in [-0.3, -0.25) is 4.79 Å². The Morgan fingerprint density at radius 1 is 1.35 bits per heavy atom. The standard InChI is InChI=1S/C19H23ClN4O2/c1-12(2)26-18-7-6-13(10-21-18)11-22-19(25)17-9-16(23-24-17)14-4-3-5-15(20)8-14/h3-8,10,12,16-17,23-24H,9,11H2,1-2H3,(H,22,25). The molecule has 1 aliphatic heterocycles. The van der Waals surface area contributed by atoms with Crippen molar-refractivity contribution in [2.24, 2.45) is 0 Å². The number of amides is 1. The fraction of sp³-hybridized carbons (Fsp3) is 0.368. The Hall–Kier alpha value is -2.15. The van der Waals surface area contributed by atoms with Crippen LogP contribution in [-0.2, 0) is 11.3 Å². The van der Waals surface area contributed by atoms with Gasteiger partial charge in [0.2, 0.25) is 11.8 Å². The van der Waals surface area contributed by atoms with Gasteiger partial charge in [0.1, 0.15) is 6.04 Å². The SMILES string of the molecule is CC(C)Oc1ccc(CNC(=O)C2CC(c3cccc(Cl)c3)NN2)cn1. The topological polar surface area (TPSA) is 75.3 Å². The average Bonchev–Trinajstić information content (AvgIpc) is 3.11. The zero-order valence-electron chi connectivity index (χ0n) is 14.8. The van der Waals surface area contributed by atoms with Gasteiger partial charge in [-0.15, -0.1) is 0 Å². The number of aromatic nitrogens is 1. The summed E-state index contributed by atoms with van der Waals surface area (Å²) in [6.07, 6.45) is 2.46. The molecule has 26 heavy (non-hydrogen) atoms.